The van der Waals surface area contributed by atoms with Crippen LogP contribution < -0.4 is 16.4 Å². The average molecular weight is 561 g/mol. The average Bonchev–Trinajstić information content (AvgIpc) is 3.05. The van der Waals surface area contributed by atoms with Crippen molar-refractivity contribution >= 4 is 23.2 Å². The van der Waals surface area contributed by atoms with E-state index in [0.29, 0.717) is 22.8 Å². The van der Waals surface area contributed by atoms with Crippen molar-refractivity contribution in [2.75, 3.05) is 10.6 Å². The molecule has 0 aliphatic carbocycles. The molecule has 0 aliphatic heterocycles. The van der Waals surface area contributed by atoms with Crippen LogP contribution in [0, 0.1) is 22.7 Å². The van der Waals surface area contributed by atoms with Crippen molar-refractivity contribution in [3.8, 4) is 12.1 Å². The summed E-state index contributed by atoms with van der Waals surface area (Å²) in [6, 6.07) is 35.0. The fourth-order valence-electron chi connectivity index (χ4n) is 3.23. The molecule has 0 fully saturated rings. The number of hydrogen-bond acceptors (Lipinski definition) is 8. The van der Waals surface area contributed by atoms with E-state index in [1.807, 2.05) is 66.7 Å². The molecule has 2 aromatic carbocycles. The predicted octanol–water partition coefficient (Wildman–Crippen LogP) is 6.32. The molecule has 0 saturated heterocycles. The molecular weight excluding hydrogens is 532 g/mol. The van der Waals surface area contributed by atoms with Crippen LogP contribution in [0.2, 0.25) is 5.15 Å². The number of hydrogen-bond donors (Lipinski definition) is 3. The standard InChI is InChI=1S/C13H15N3.C13H11N3.C6H3ClN2/c2*14-8-12-6-7-13(16-10-12)15-9-11-4-2-1-3-5-11;7-6-2-1-5(3-8)4-9-6/h1-7,10H,8-9,14H2,(H,15,16);1-7,10H,9H2,(H,15,16);1-2,4H. The molecule has 8 nitrogen and oxygen atoms in total. The van der Waals surface area contributed by atoms with Gasteiger partial charge in [-0.05, 0) is 47.0 Å². The van der Waals surface area contributed by atoms with E-state index in [-0.39, 0.29) is 0 Å². The minimum absolute atomic E-state index is 0.411. The molecule has 204 valence electrons. The van der Waals surface area contributed by atoms with E-state index < -0.39 is 0 Å². The molecule has 41 heavy (non-hydrogen) atoms. The summed E-state index contributed by atoms with van der Waals surface area (Å²) in [6.07, 6.45) is 4.79. The Morgan fingerprint density at radius 3 is 1.46 bits per heavy atom. The summed E-state index contributed by atoms with van der Waals surface area (Å²) in [6.45, 7) is 2.06. The quantitative estimate of drug-likeness (QED) is 0.196. The third-order valence-corrected chi connectivity index (χ3v) is 5.67. The van der Waals surface area contributed by atoms with Gasteiger partial charge in [0, 0.05) is 38.2 Å². The van der Waals surface area contributed by atoms with Crippen LogP contribution in [0.1, 0.15) is 27.8 Å². The maximum absolute atomic E-state index is 8.63. The molecule has 0 spiro atoms. The van der Waals surface area contributed by atoms with Crippen LogP contribution in [-0.2, 0) is 19.6 Å². The molecule has 9 heteroatoms. The number of nitrogens with zero attached hydrogens (tertiary/aromatic N) is 5. The Morgan fingerprint density at radius 1 is 0.585 bits per heavy atom. The van der Waals surface area contributed by atoms with Gasteiger partial charge in [0.05, 0.1) is 11.1 Å². The van der Waals surface area contributed by atoms with Crippen LogP contribution >= 0.6 is 11.6 Å². The van der Waals surface area contributed by atoms with Gasteiger partial charge in [-0.2, -0.15) is 10.5 Å². The number of aromatic nitrogens is 3. The molecule has 5 rings (SSSR count). The maximum Gasteiger partial charge on any atom is 0.129 e. The lowest BCUT2D eigenvalue weighted by Gasteiger charge is -2.05. The molecule has 3 heterocycles. The number of halogens is 1. The van der Waals surface area contributed by atoms with E-state index in [9.17, 15) is 0 Å². The van der Waals surface area contributed by atoms with E-state index >= 15 is 0 Å². The number of nitrogens with two attached hydrogens (primary N) is 1. The van der Waals surface area contributed by atoms with Gasteiger partial charge < -0.3 is 16.4 Å². The van der Waals surface area contributed by atoms with Gasteiger partial charge in [0.25, 0.3) is 0 Å². The van der Waals surface area contributed by atoms with Crippen molar-refractivity contribution < 1.29 is 0 Å². The van der Waals surface area contributed by atoms with E-state index in [1.165, 1.54) is 17.3 Å². The number of benzene rings is 2. The predicted molar refractivity (Wildman–Crippen MR) is 163 cm³/mol. The maximum atomic E-state index is 8.63. The summed E-state index contributed by atoms with van der Waals surface area (Å²) in [5.41, 5.74) is 10.1. The summed E-state index contributed by atoms with van der Waals surface area (Å²) in [5.74, 6) is 1.66. The van der Waals surface area contributed by atoms with Crippen molar-refractivity contribution in [2.24, 2.45) is 5.73 Å². The molecule has 5 aromatic rings. The summed E-state index contributed by atoms with van der Waals surface area (Å²) in [4.78, 5) is 12.1. The Kier molecular flexibility index (Phi) is 12.8. The van der Waals surface area contributed by atoms with Gasteiger partial charge in [0.2, 0.25) is 0 Å². The van der Waals surface area contributed by atoms with E-state index in [2.05, 4.69) is 49.9 Å². The molecular formula is C32H29ClN8. The van der Waals surface area contributed by atoms with Gasteiger partial charge >= 0.3 is 0 Å². The van der Waals surface area contributed by atoms with Gasteiger partial charge in [-0.15, -0.1) is 0 Å². The zero-order valence-electron chi connectivity index (χ0n) is 22.3. The second-order valence-corrected chi connectivity index (χ2v) is 8.85. The molecule has 3 aromatic heterocycles. The van der Waals surface area contributed by atoms with Crippen molar-refractivity contribution in [1.29, 1.82) is 10.5 Å². The molecule has 0 atom stereocenters. The fourth-order valence-corrected chi connectivity index (χ4v) is 3.35. The number of pyridine rings is 3. The summed E-state index contributed by atoms with van der Waals surface area (Å²) in [7, 11) is 0. The Morgan fingerprint density at radius 2 is 1.07 bits per heavy atom. The van der Waals surface area contributed by atoms with Gasteiger partial charge in [-0.25, -0.2) is 15.0 Å². The molecule has 4 N–H and O–H groups in total. The van der Waals surface area contributed by atoms with Crippen molar-refractivity contribution in [3.05, 3.63) is 149 Å². The molecule has 0 unspecified atom stereocenters. The smallest absolute Gasteiger partial charge is 0.129 e. The Bertz CT molecular complexity index is 1510. The molecule has 0 radical (unpaired) electrons. The lowest BCUT2D eigenvalue weighted by atomic mass is 10.2. The van der Waals surface area contributed by atoms with Crippen molar-refractivity contribution in [3.63, 3.8) is 0 Å². The first-order valence-corrected chi connectivity index (χ1v) is 13.1. The van der Waals surface area contributed by atoms with Crippen LogP contribution in [0.3, 0.4) is 0 Å². The molecule has 0 bridgehead atoms. The first-order chi connectivity index (χ1) is 20.1. The second kappa shape index (κ2) is 17.3. The zero-order chi connectivity index (χ0) is 29.1. The number of nitrogens with one attached hydrogen (secondary N) is 2. The Balaban J connectivity index is 0.000000176. The van der Waals surface area contributed by atoms with Crippen LogP contribution in [0.25, 0.3) is 0 Å². The molecule has 0 aliphatic rings. The minimum Gasteiger partial charge on any atom is -0.366 e. The van der Waals surface area contributed by atoms with Gasteiger partial charge in [0.15, 0.2) is 0 Å². The first-order valence-electron chi connectivity index (χ1n) is 12.7. The van der Waals surface area contributed by atoms with E-state index in [0.717, 1.165) is 30.3 Å². The van der Waals surface area contributed by atoms with Crippen LogP contribution in [0.15, 0.2) is 116 Å². The fraction of sp³-hybridized carbons (Fsp3) is 0.0938. The third kappa shape index (κ3) is 11.6. The highest BCUT2D eigenvalue weighted by atomic mass is 35.5. The molecule has 0 amide bonds. The number of anilines is 2. The second-order valence-electron chi connectivity index (χ2n) is 8.46. The monoisotopic (exact) mass is 560 g/mol. The topological polar surface area (TPSA) is 136 Å². The van der Waals surface area contributed by atoms with Crippen molar-refractivity contribution in [2.45, 2.75) is 19.6 Å². The normalized spacial score (nSPS) is 9.46. The van der Waals surface area contributed by atoms with Gasteiger partial charge in [-0.3, -0.25) is 0 Å². The Labute approximate surface area is 245 Å². The largest absolute Gasteiger partial charge is 0.366 e. The highest BCUT2D eigenvalue weighted by molar-refractivity contribution is 6.29. The summed E-state index contributed by atoms with van der Waals surface area (Å²) < 4.78 is 0. The lowest BCUT2D eigenvalue weighted by Crippen LogP contribution is -2.02. The SMILES string of the molecule is N#Cc1ccc(Cl)nc1.N#Cc1ccc(NCc2ccccc2)nc1.NCc1ccc(NCc2ccccc2)nc1. The highest BCUT2D eigenvalue weighted by Gasteiger charge is 1.96. The van der Waals surface area contributed by atoms with Crippen LogP contribution in [0.4, 0.5) is 11.6 Å². The summed E-state index contributed by atoms with van der Waals surface area (Å²) in [5, 5.41) is 23.8. The summed E-state index contributed by atoms with van der Waals surface area (Å²) >= 11 is 5.45. The zero-order valence-corrected chi connectivity index (χ0v) is 23.0. The number of rotatable bonds is 7. The number of nitriles is 2. The minimum atomic E-state index is 0.411. The molecule has 0 saturated carbocycles. The first kappa shape index (κ1) is 30.3. The lowest BCUT2D eigenvalue weighted by molar-refractivity contribution is 1.04. The van der Waals surface area contributed by atoms with Crippen molar-refractivity contribution in [1.82, 2.24) is 15.0 Å². The van der Waals surface area contributed by atoms with Crippen LogP contribution in [-0.4, -0.2) is 15.0 Å². The Hall–Kier alpha value is -5.28. The van der Waals surface area contributed by atoms with E-state index in [4.69, 9.17) is 27.9 Å². The third-order valence-electron chi connectivity index (χ3n) is 5.44. The van der Waals surface area contributed by atoms with Gasteiger partial charge in [-0.1, -0.05) is 78.3 Å². The van der Waals surface area contributed by atoms with Gasteiger partial charge in [0.1, 0.15) is 28.9 Å². The highest BCUT2D eigenvalue weighted by Crippen LogP contribution is 2.08. The van der Waals surface area contributed by atoms with Crippen LogP contribution in [0.5, 0.6) is 0 Å². The van der Waals surface area contributed by atoms with E-state index in [1.54, 1.807) is 30.6 Å².